The lowest BCUT2D eigenvalue weighted by Gasteiger charge is -2.34. The van der Waals surface area contributed by atoms with E-state index in [1.165, 1.54) is 38.2 Å². The Balaban J connectivity index is 1.33. The summed E-state index contributed by atoms with van der Waals surface area (Å²) < 4.78 is 2.36. The van der Waals surface area contributed by atoms with E-state index in [0.717, 1.165) is 50.5 Å². The zero-order valence-electron chi connectivity index (χ0n) is 25.7. The van der Waals surface area contributed by atoms with Gasteiger partial charge >= 0.3 is 0 Å². The van der Waals surface area contributed by atoms with Crippen molar-refractivity contribution in [2.24, 2.45) is 0 Å². The molecule has 224 valence electrons. The van der Waals surface area contributed by atoms with Gasteiger partial charge in [-0.25, -0.2) is 0 Å². The fourth-order valence-corrected chi connectivity index (χ4v) is 7.43. The van der Waals surface area contributed by atoms with Gasteiger partial charge in [0.2, 0.25) is 0 Å². The maximum atomic E-state index is 4.36. The van der Waals surface area contributed by atoms with Crippen molar-refractivity contribution in [1.82, 2.24) is 24.5 Å². The van der Waals surface area contributed by atoms with E-state index in [4.69, 9.17) is 0 Å². The predicted molar refractivity (Wildman–Crippen MR) is 194 cm³/mol. The van der Waals surface area contributed by atoms with Crippen LogP contribution in [0.2, 0.25) is 0 Å². The number of nitrogens with zero attached hydrogens (tertiary/aromatic N) is 6. The van der Waals surface area contributed by atoms with Crippen LogP contribution in [0.15, 0.2) is 159 Å². The molecule has 0 N–H and O–H groups in total. The molecule has 1 aliphatic heterocycles. The van der Waals surface area contributed by atoms with Gasteiger partial charge in [0, 0.05) is 82.7 Å². The maximum Gasteiger partial charge on any atom is 0.0562 e. The molecule has 0 amide bonds. The second kappa shape index (κ2) is 10.4. The van der Waals surface area contributed by atoms with Crippen LogP contribution >= 0.6 is 0 Å². The number of hydrogen-bond donors (Lipinski definition) is 0. The molecule has 6 heterocycles. The fourth-order valence-electron chi connectivity index (χ4n) is 7.43. The summed E-state index contributed by atoms with van der Waals surface area (Å²) in [4.78, 5) is 19.6. The lowest BCUT2D eigenvalue weighted by molar-refractivity contribution is 1.15. The molecule has 0 unspecified atom stereocenters. The first-order chi connectivity index (χ1) is 23.8. The third-order valence-corrected chi connectivity index (χ3v) is 9.52. The van der Waals surface area contributed by atoms with Crippen molar-refractivity contribution in [3.8, 4) is 39.1 Å². The number of benzene rings is 4. The summed E-state index contributed by atoms with van der Waals surface area (Å²) in [5.74, 6) is 0. The lowest BCUT2D eigenvalue weighted by atomic mass is 9.86. The third kappa shape index (κ3) is 3.93. The molecule has 9 aromatic rings. The number of pyridine rings is 4. The van der Waals surface area contributed by atoms with Gasteiger partial charge in [-0.2, -0.15) is 0 Å². The molecule has 0 aliphatic carbocycles. The van der Waals surface area contributed by atoms with Crippen molar-refractivity contribution in [2.75, 3.05) is 4.90 Å². The van der Waals surface area contributed by atoms with Gasteiger partial charge in [-0.3, -0.25) is 19.9 Å². The highest BCUT2D eigenvalue weighted by atomic mass is 15.2. The molecule has 0 bridgehead atoms. The second-order valence-corrected chi connectivity index (χ2v) is 12.0. The zero-order chi connectivity index (χ0) is 31.6. The first kappa shape index (κ1) is 26.5. The minimum absolute atomic E-state index is 1.06. The molecule has 6 nitrogen and oxygen atoms in total. The van der Waals surface area contributed by atoms with E-state index in [0.29, 0.717) is 0 Å². The molecular formula is C42H26N6. The highest BCUT2D eigenvalue weighted by Crippen LogP contribution is 2.54. The number of fused-ring (bicyclic) bond motifs is 5. The molecule has 0 spiro atoms. The summed E-state index contributed by atoms with van der Waals surface area (Å²) in [7, 11) is 0. The van der Waals surface area contributed by atoms with E-state index in [1.54, 1.807) is 0 Å². The molecule has 1 aliphatic rings. The van der Waals surface area contributed by atoms with E-state index in [-0.39, 0.29) is 0 Å². The summed E-state index contributed by atoms with van der Waals surface area (Å²) in [5.41, 5.74) is 13.7. The van der Waals surface area contributed by atoms with Crippen molar-refractivity contribution in [3.05, 3.63) is 159 Å². The van der Waals surface area contributed by atoms with Crippen molar-refractivity contribution in [3.63, 3.8) is 0 Å². The van der Waals surface area contributed by atoms with Gasteiger partial charge in [-0.05, 0) is 112 Å². The Morgan fingerprint density at radius 1 is 0.375 bits per heavy atom. The van der Waals surface area contributed by atoms with Crippen LogP contribution in [-0.4, -0.2) is 24.5 Å². The smallest absolute Gasteiger partial charge is 0.0562 e. The quantitative estimate of drug-likeness (QED) is 0.197. The van der Waals surface area contributed by atoms with Gasteiger partial charge in [0.25, 0.3) is 0 Å². The Hall–Kier alpha value is -6.66. The summed E-state index contributed by atoms with van der Waals surface area (Å²) in [5, 5.41) is 4.82. The van der Waals surface area contributed by atoms with Gasteiger partial charge < -0.3 is 9.47 Å². The highest BCUT2D eigenvalue weighted by molar-refractivity contribution is 6.21. The van der Waals surface area contributed by atoms with E-state index in [2.05, 4.69) is 139 Å². The number of rotatable bonds is 4. The molecule has 48 heavy (non-hydrogen) atoms. The Labute approximate surface area is 276 Å². The number of anilines is 3. The van der Waals surface area contributed by atoms with Crippen LogP contribution in [0.4, 0.5) is 17.1 Å². The van der Waals surface area contributed by atoms with Crippen LogP contribution in [-0.2, 0) is 0 Å². The summed E-state index contributed by atoms with van der Waals surface area (Å²) in [6, 6.07) is 39.3. The van der Waals surface area contributed by atoms with Gasteiger partial charge in [0.1, 0.15) is 0 Å². The Morgan fingerprint density at radius 3 is 1.73 bits per heavy atom. The van der Waals surface area contributed by atoms with Crippen molar-refractivity contribution in [1.29, 1.82) is 0 Å². The Bertz CT molecular complexity index is 2650. The van der Waals surface area contributed by atoms with Crippen LogP contribution < -0.4 is 4.90 Å². The van der Waals surface area contributed by atoms with Crippen LogP contribution in [0.25, 0.3) is 71.6 Å². The summed E-state index contributed by atoms with van der Waals surface area (Å²) >= 11 is 0. The largest absolute Gasteiger partial charge is 0.309 e. The van der Waals surface area contributed by atoms with Crippen molar-refractivity contribution >= 4 is 49.6 Å². The normalized spacial score (nSPS) is 12.1. The van der Waals surface area contributed by atoms with Crippen molar-refractivity contribution < 1.29 is 0 Å². The first-order valence-electron chi connectivity index (χ1n) is 15.9. The monoisotopic (exact) mass is 614 g/mol. The summed E-state index contributed by atoms with van der Waals surface area (Å²) in [6.45, 7) is 0. The van der Waals surface area contributed by atoms with E-state index in [9.17, 15) is 0 Å². The minimum atomic E-state index is 1.06. The van der Waals surface area contributed by atoms with Gasteiger partial charge in [0.15, 0.2) is 0 Å². The lowest BCUT2D eigenvalue weighted by Crippen LogP contribution is -2.15. The minimum Gasteiger partial charge on any atom is -0.309 e. The molecule has 0 atom stereocenters. The van der Waals surface area contributed by atoms with Gasteiger partial charge in [-0.1, -0.05) is 30.3 Å². The fraction of sp³-hybridized carbons (Fsp3) is 0. The second-order valence-electron chi connectivity index (χ2n) is 12.0. The van der Waals surface area contributed by atoms with E-state index in [1.807, 2.05) is 49.6 Å². The summed E-state index contributed by atoms with van der Waals surface area (Å²) in [6.07, 6.45) is 14.9. The first-order valence-corrected chi connectivity index (χ1v) is 15.9. The molecule has 5 aromatic heterocycles. The van der Waals surface area contributed by atoms with Gasteiger partial charge in [-0.15, -0.1) is 0 Å². The molecule has 0 saturated heterocycles. The van der Waals surface area contributed by atoms with Crippen LogP contribution in [0.1, 0.15) is 0 Å². The number of hydrogen-bond acceptors (Lipinski definition) is 5. The molecule has 4 aromatic carbocycles. The molecule has 0 saturated carbocycles. The Kier molecular flexibility index (Phi) is 5.77. The van der Waals surface area contributed by atoms with Crippen molar-refractivity contribution in [2.45, 2.75) is 0 Å². The molecular weight excluding hydrogens is 589 g/mol. The van der Waals surface area contributed by atoms with E-state index >= 15 is 0 Å². The Morgan fingerprint density at radius 2 is 1.00 bits per heavy atom. The maximum absolute atomic E-state index is 4.36. The van der Waals surface area contributed by atoms with E-state index < -0.39 is 0 Å². The van der Waals surface area contributed by atoms with Crippen LogP contribution in [0, 0.1) is 0 Å². The topological polar surface area (TPSA) is 59.7 Å². The SMILES string of the molecule is c1cc2c3c(ccc(-c4ccncc4)c3c1)-c1cc3c4cc(-c5ccncc5)ccc4n(-c4ccncc4)c3cc1N2c1ccncc1. The average Bonchev–Trinajstić information content (AvgIpc) is 3.48. The zero-order valence-corrected chi connectivity index (χ0v) is 25.7. The van der Waals surface area contributed by atoms with Gasteiger partial charge in [0.05, 0.1) is 22.4 Å². The molecule has 0 radical (unpaired) electrons. The molecule has 10 rings (SSSR count). The molecule has 6 heteroatoms. The van der Waals surface area contributed by atoms with Crippen LogP contribution in [0.5, 0.6) is 0 Å². The average molecular weight is 615 g/mol. The standard InChI is InChI=1S/C42H26N6/c1-2-33-32(28-10-18-44-19-11-28)5-6-34-36-25-37-35-24-29(27-8-16-43-17-9-27)4-7-38(35)47(30-12-20-45-21-13-30)41(37)26-40(36)48(39(3-1)42(33)34)31-14-22-46-23-15-31/h1-26H. The third-order valence-electron chi connectivity index (χ3n) is 9.52. The van der Waals surface area contributed by atoms with Crippen LogP contribution in [0.3, 0.4) is 0 Å². The highest BCUT2D eigenvalue weighted by Gasteiger charge is 2.29. The predicted octanol–water partition coefficient (Wildman–Crippen LogP) is 10.3. The molecule has 0 fully saturated rings. The number of aromatic nitrogens is 5.